The van der Waals surface area contributed by atoms with E-state index in [4.69, 9.17) is 0 Å². The van der Waals surface area contributed by atoms with E-state index >= 15 is 0 Å². The fraction of sp³-hybridized carbons (Fsp3) is 0.160. The van der Waals surface area contributed by atoms with Crippen LogP contribution in [0.5, 0.6) is 0 Å². The van der Waals surface area contributed by atoms with E-state index in [0.717, 1.165) is 22.3 Å². The standard InChI is InChI=1S/C25H15BrN2O2/c26-18-11-5-6-12-19(18)28-23(29)21-20-14-7-1-3-9-16(14)25(13-27,22(21)24(28)30)17-10-4-2-8-15(17)20/h1-12,20-22H/t20?,21-,22-,25?/m0/s1. The zero-order valence-corrected chi connectivity index (χ0v) is 17.3. The van der Waals surface area contributed by atoms with Gasteiger partial charge in [0, 0.05) is 10.4 Å². The van der Waals surface area contributed by atoms with Crippen LogP contribution >= 0.6 is 15.9 Å². The number of hydrogen-bond acceptors (Lipinski definition) is 3. The summed E-state index contributed by atoms with van der Waals surface area (Å²) < 4.78 is 0.679. The van der Waals surface area contributed by atoms with Crippen molar-refractivity contribution in [3.05, 3.63) is 99.5 Å². The van der Waals surface area contributed by atoms with Gasteiger partial charge in [-0.3, -0.25) is 9.59 Å². The number of anilines is 1. The van der Waals surface area contributed by atoms with Gasteiger partial charge in [0.1, 0.15) is 5.41 Å². The molecule has 7 rings (SSSR count). The second-order valence-electron chi connectivity index (χ2n) is 8.04. The van der Waals surface area contributed by atoms with Gasteiger partial charge in [0.05, 0.1) is 23.6 Å². The molecule has 0 saturated carbocycles. The minimum atomic E-state index is -1.17. The van der Waals surface area contributed by atoms with Crippen molar-refractivity contribution in [2.45, 2.75) is 11.3 Å². The Labute approximate surface area is 181 Å². The van der Waals surface area contributed by atoms with E-state index in [0.29, 0.717) is 10.2 Å². The lowest BCUT2D eigenvalue weighted by Gasteiger charge is -2.50. The molecule has 4 aliphatic rings. The predicted octanol–water partition coefficient (Wildman–Crippen LogP) is 4.52. The summed E-state index contributed by atoms with van der Waals surface area (Å²) in [7, 11) is 0. The van der Waals surface area contributed by atoms with Crippen molar-refractivity contribution < 1.29 is 9.59 Å². The maximum absolute atomic E-state index is 13.8. The number of carbonyl (C=O) groups is 2. The molecule has 5 heteroatoms. The molecule has 0 radical (unpaired) electrons. The molecule has 0 N–H and O–H groups in total. The number of nitriles is 1. The van der Waals surface area contributed by atoms with Crippen molar-refractivity contribution >= 4 is 33.4 Å². The fourth-order valence-corrected chi connectivity index (χ4v) is 6.29. The van der Waals surface area contributed by atoms with Crippen LogP contribution < -0.4 is 4.90 Å². The smallest absolute Gasteiger partial charge is 0.240 e. The largest absolute Gasteiger partial charge is 0.274 e. The third-order valence-electron chi connectivity index (χ3n) is 6.89. The highest BCUT2D eigenvalue weighted by Crippen LogP contribution is 2.64. The molecule has 0 aromatic heterocycles. The molecule has 30 heavy (non-hydrogen) atoms. The number of amides is 2. The first-order valence-corrected chi connectivity index (χ1v) is 10.6. The number of hydrogen-bond donors (Lipinski definition) is 0. The van der Waals surface area contributed by atoms with E-state index in [1.807, 2.05) is 60.7 Å². The van der Waals surface area contributed by atoms with Gasteiger partial charge in [-0.2, -0.15) is 5.26 Å². The summed E-state index contributed by atoms with van der Waals surface area (Å²) >= 11 is 3.48. The summed E-state index contributed by atoms with van der Waals surface area (Å²) in [5.74, 6) is -2.09. The van der Waals surface area contributed by atoms with Crippen molar-refractivity contribution in [1.29, 1.82) is 5.26 Å². The molecule has 144 valence electrons. The summed E-state index contributed by atoms with van der Waals surface area (Å²) in [5, 5.41) is 10.6. The molecule has 3 aromatic rings. The predicted molar refractivity (Wildman–Crippen MR) is 115 cm³/mol. The molecule has 0 unspecified atom stereocenters. The van der Waals surface area contributed by atoms with Gasteiger partial charge >= 0.3 is 0 Å². The van der Waals surface area contributed by atoms with Gasteiger partial charge in [0.25, 0.3) is 0 Å². The monoisotopic (exact) mass is 454 g/mol. The molecular formula is C25H15BrN2O2. The van der Waals surface area contributed by atoms with Crippen LogP contribution in [-0.4, -0.2) is 11.8 Å². The minimum Gasteiger partial charge on any atom is -0.274 e. The van der Waals surface area contributed by atoms with Crippen LogP contribution in [0.1, 0.15) is 28.2 Å². The maximum Gasteiger partial charge on any atom is 0.240 e. The van der Waals surface area contributed by atoms with Crippen molar-refractivity contribution in [2.75, 3.05) is 4.90 Å². The number of imide groups is 1. The molecule has 3 aliphatic carbocycles. The summed E-state index contributed by atoms with van der Waals surface area (Å²) in [6, 6.07) is 25.3. The second-order valence-corrected chi connectivity index (χ2v) is 8.89. The Bertz CT molecular complexity index is 1260. The normalized spacial score (nSPS) is 28.0. The maximum atomic E-state index is 13.8. The van der Waals surface area contributed by atoms with E-state index in [9.17, 15) is 14.9 Å². The molecule has 3 aromatic carbocycles. The lowest BCUT2D eigenvalue weighted by molar-refractivity contribution is -0.122. The molecule has 2 bridgehead atoms. The Morgan fingerprint density at radius 1 is 0.833 bits per heavy atom. The van der Waals surface area contributed by atoms with Gasteiger partial charge in [-0.15, -0.1) is 0 Å². The summed E-state index contributed by atoms with van der Waals surface area (Å²) in [6.45, 7) is 0. The molecular weight excluding hydrogens is 440 g/mol. The van der Waals surface area contributed by atoms with E-state index in [2.05, 4.69) is 22.0 Å². The van der Waals surface area contributed by atoms with Crippen LogP contribution in [0.25, 0.3) is 0 Å². The molecule has 2 amide bonds. The lowest BCUT2D eigenvalue weighted by atomic mass is 9.48. The van der Waals surface area contributed by atoms with Crippen LogP contribution in [0.2, 0.25) is 0 Å². The zero-order chi connectivity index (χ0) is 20.6. The highest BCUT2D eigenvalue weighted by molar-refractivity contribution is 9.10. The topological polar surface area (TPSA) is 61.2 Å². The number of carbonyl (C=O) groups excluding carboxylic acids is 2. The van der Waals surface area contributed by atoms with Crippen LogP contribution in [-0.2, 0) is 15.0 Å². The second kappa shape index (κ2) is 5.90. The lowest BCUT2D eigenvalue weighted by Crippen LogP contribution is -2.52. The van der Waals surface area contributed by atoms with Crippen molar-refractivity contribution in [2.24, 2.45) is 11.8 Å². The zero-order valence-electron chi connectivity index (χ0n) is 15.7. The number of nitrogens with zero attached hydrogens (tertiary/aromatic N) is 2. The van der Waals surface area contributed by atoms with Gasteiger partial charge in [0.2, 0.25) is 11.8 Å². The summed E-state index contributed by atoms with van der Waals surface area (Å²) in [6.07, 6.45) is 0. The average molecular weight is 455 g/mol. The number of para-hydroxylation sites is 1. The SMILES string of the molecule is N#CC12c3ccccc3C(c3ccccc31)[C@@H]1C(=O)N(c3ccccc3Br)C(=O)[C@H]12. The van der Waals surface area contributed by atoms with E-state index < -0.39 is 17.3 Å². The Morgan fingerprint density at radius 2 is 1.40 bits per heavy atom. The Morgan fingerprint density at radius 3 is 2.00 bits per heavy atom. The van der Waals surface area contributed by atoms with Crippen molar-refractivity contribution in [1.82, 2.24) is 0 Å². The first-order chi connectivity index (χ1) is 14.6. The van der Waals surface area contributed by atoms with E-state index in [1.165, 1.54) is 4.90 Å². The Kier molecular flexibility index (Phi) is 3.46. The Hall–Kier alpha value is -3.23. The third kappa shape index (κ3) is 1.86. The number of rotatable bonds is 1. The van der Waals surface area contributed by atoms with Gasteiger partial charge in [0.15, 0.2) is 0 Å². The number of benzene rings is 3. The van der Waals surface area contributed by atoms with Crippen molar-refractivity contribution in [3.63, 3.8) is 0 Å². The fourth-order valence-electron chi connectivity index (χ4n) is 5.83. The van der Waals surface area contributed by atoms with E-state index in [1.54, 1.807) is 12.1 Å². The van der Waals surface area contributed by atoms with Gasteiger partial charge in [-0.25, -0.2) is 4.90 Å². The molecule has 2 atom stereocenters. The highest BCUT2D eigenvalue weighted by Gasteiger charge is 2.68. The Balaban J connectivity index is 1.67. The van der Waals surface area contributed by atoms with Crippen LogP contribution in [0.3, 0.4) is 0 Å². The molecule has 1 saturated heterocycles. The number of halogens is 1. The van der Waals surface area contributed by atoms with Gasteiger partial charge in [-0.1, -0.05) is 60.7 Å². The molecule has 1 aliphatic heterocycles. The van der Waals surface area contributed by atoms with Crippen LogP contribution in [0.15, 0.2) is 77.3 Å². The summed E-state index contributed by atoms with van der Waals surface area (Å²) in [4.78, 5) is 28.8. The molecule has 0 spiro atoms. The quantitative estimate of drug-likeness (QED) is 0.507. The van der Waals surface area contributed by atoms with E-state index in [-0.39, 0.29) is 17.7 Å². The van der Waals surface area contributed by atoms with Crippen LogP contribution in [0, 0.1) is 23.2 Å². The van der Waals surface area contributed by atoms with Gasteiger partial charge in [-0.05, 0) is 50.3 Å². The van der Waals surface area contributed by atoms with Gasteiger partial charge < -0.3 is 0 Å². The minimum absolute atomic E-state index is 0.231. The van der Waals surface area contributed by atoms with Crippen LogP contribution in [0.4, 0.5) is 5.69 Å². The van der Waals surface area contributed by atoms with Crippen molar-refractivity contribution in [3.8, 4) is 6.07 Å². The molecule has 1 fully saturated rings. The molecule has 1 heterocycles. The first kappa shape index (κ1) is 17.6. The molecule has 4 nitrogen and oxygen atoms in total. The third-order valence-corrected chi connectivity index (χ3v) is 7.56. The average Bonchev–Trinajstić information content (AvgIpc) is 3.05. The first-order valence-electron chi connectivity index (χ1n) is 9.83. The highest BCUT2D eigenvalue weighted by atomic mass is 79.9. The summed E-state index contributed by atoms with van der Waals surface area (Å²) in [5.41, 5.74) is 3.03.